The standard InChI is InChI=1S/C20H20ClFN4O2/c1-13(2)26-19(27)24-18(23-11-15-5-3-4-6-17(15)21)25(20(26)28)12-14-7-9-16(22)10-8-14/h3-10,13H,11-12H2,1-2H3,(H,23,24,27). The van der Waals surface area contributed by atoms with Crippen LogP contribution in [0.25, 0.3) is 0 Å². The summed E-state index contributed by atoms with van der Waals surface area (Å²) in [7, 11) is 0. The molecular formula is C20H20ClFN4O2. The molecule has 2 aromatic carbocycles. The van der Waals surface area contributed by atoms with Gasteiger partial charge in [-0.3, -0.25) is 4.57 Å². The van der Waals surface area contributed by atoms with Crippen molar-refractivity contribution in [1.82, 2.24) is 14.1 Å². The van der Waals surface area contributed by atoms with E-state index in [-0.39, 0.29) is 24.4 Å². The molecule has 1 aromatic heterocycles. The largest absolute Gasteiger partial charge is 0.355 e. The average molecular weight is 403 g/mol. The number of halogens is 2. The molecule has 1 heterocycles. The van der Waals surface area contributed by atoms with Crippen molar-refractivity contribution >= 4 is 17.5 Å². The lowest BCUT2D eigenvalue weighted by atomic mass is 10.2. The highest BCUT2D eigenvalue weighted by Gasteiger charge is 2.16. The summed E-state index contributed by atoms with van der Waals surface area (Å²) in [6.07, 6.45) is 0. The van der Waals surface area contributed by atoms with Crippen LogP contribution in [0.1, 0.15) is 31.0 Å². The van der Waals surface area contributed by atoms with Crippen LogP contribution < -0.4 is 16.7 Å². The fourth-order valence-electron chi connectivity index (χ4n) is 2.81. The molecule has 146 valence electrons. The first-order valence-corrected chi connectivity index (χ1v) is 9.19. The smallest absolute Gasteiger partial charge is 0.351 e. The molecule has 0 fully saturated rings. The van der Waals surface area contributed by atoms with Gasteiger partial charge in [-0.05, 0) is 43.2 Å². The SMILES string of the molecule is CC(C)n1c(=O)nc(NCc2ccccc2Cl)n(Cc2ccc(F)cc2)c1=O. The molecule has 0 radical (unpaired) electrons. The Balaban J connectivity index is 2.02. The molecule has 0 bridgehead atoms. The van der Waals surface area contributed by atoms with Crippen LogP contribution in [0.3, 0.4) is 0 Å². The fourth-order valence-corrected chi connectivity index (χ4v) is 3.02. The van der Waals surface area contributed by atoms with E-state index in [1.54, 1.807) is 32.0 Å². The number of rotatable bonds is 6. The van der Waals surface area contributed by atoms with Crippen LogP contribution in [0.4, 0.5) is 10.3 Å². The molecule has 3 aromatic rings. The number of hydrogen-bond donors (Lipinski definition) is 1. The topological polar surface area (TPSA) is 68.9 Å². The normalized spacial score (nSPS) is 11.0. The van der Waals surface area contributed by atoms with Crippen molar-refractivity contribution in [3.63, 3.8) is 0 Å². The van der Waals surface area contributed by atoms with E-state index in [0.29, 0.717) is 17.1 Å². The Hall–Kier alpha value is -2.93. The van der Waals surface area contributed by atoms with Crippen molar-refractivity contribution < 1.29 is 4.39 Å². The zero-order chi connectivity index (χ0) is 20.3. The number of hydrogen-bond acceptors (Lipinski definition) is 4. The minimum Gasteiger partial charge on any atom is -0.351 e. The summed E-state index contributed by atoms with van der Waals surface area (Å²) in [4.78, 5) is 29.4. The number of anilines is 1. The molecule has 28 heavy (non-hydrogen) atoms. The lowest BCUT2D eigenvalue weighted by molar-refractivity contribution is 0.495. The molecule has 0 aliphatic heterocycles. The van der Waals surface area contributed by atoms with E-state index in [1.165, 1.54) is 16.7 Å². The lowest BCUT2D eigenvalue weighted by Crippen LogP contribution is -2.43. The first kappa shape index (κ1) is 19.8. The maximum Gasteiger partial charge on any atom is 0.355 e. The van der Waals surface area contributed by atoms with Crippen LogP contribution in [-0.2, 0) is 13.1 Å². The second kappa shape index (κ2) is 8.39. The molecule has 8 heteroatoms. The summed E-state index contributed by atoms with van der Waals surface area (Å²) in [6, 6.07) is 12.7. The molecule has 0 unspecified atom stereocenters. The molecule has 0 atom stereocenters. The Kier molecular flexibility index (Phi) is 5.94. The molecular weight excluding hydrogens is 383 g/mol. The minimum atomic E-state index is -0.628. The Labute approximate surface area is 166 Å². The van der Waals surface area contributed by atoms with Crippen LogP contribution in [0.2, 0.25) is 5.02 Å². The Morgan fingerprint density at radius 1 is 1.11 bits per heavy atom. The third kappa shape index (κ3) is 4.31. The monoisotopic (exact) mass is 402 g/mol. The third-order valence-corrected chi connectivity index (χ3v) is 4.63. The van der Waals surface area contributed by atoms with Gasteiger partial charge in [-0.15, -0.1) is 0 Å². The fraction of sp³-hybridized carbons (Fsp3) is 0.250. The summed E-state index contributed by atoms with van der Waals surface area (Å²) in [6.45, 7) is 3.91. The summed E-state index contributed by atoms with van der Waals surface area (Å²) >= 11 is 6.17. The van der Waals surface area contributed by atoms with Gasteiger partial charge in [-0.25, -0.2) is 18.5 Å². The van der Waals surface area contributed by atoms with Crippen molar-refractivity contribution in [2.24, 2.45) is 0 Å². The third-order valence-electron chi connectivity index (χ3n) is 4.27. The van der Waals surface area contributed by atoms with Crippen molar-refractivity contribution in [3.8, 4) is 0 Å². The van der Waals surface area contributed by atoms with E-state index < -0.39 is 11.4 Å². The van der Waals surface area contributed by atoms with E-state index >= 15 is 0 Å². The van der Waals surface area contributed by atoms with Gasteiger partial charge in [0.25, 0.3) is 0 Å². The first-order chi connectivity index (χ1) is 13.4. The molecule has 0 spiro atoms. The van der Waals surface area contributed by atoms with Gasteiger partial charge in [-0.2, -0.15) is 4.98 Å². The van der Waals surface area contributed by atoms with Gasteiger partial charge in [0, 0.05) is 17.6 Å². The highest BCUT2D eigenvalue weighted by atomic mass is 35.5. The maximum absolute atomic E-state index is 13.2. The predicted octanol–water partition coefficient (Wildman–Crippen LogP) is 3.44. The maximum atomic E-state index is 13.2. The van der Waals surface area contributed by atoms with Crippen LogP contribution in [0, 0.1) is 5.82 Å². The van der Waals surface area contributed by atoms with Crippen molar-refractivity contribution in [2.75, 3.05) is 5.32 Å². The van der Waals surface area contributed by atoms with Crippen LogP contribution >= 0.6 is 11.6 Å². The van der Waals surface area contributed by atoms with Crippen molar-refractivity contribution in [1.29, 1.82) is 0 Å². The summed E-state index contributed by atoms with van der Waals surface area (Å²) < 4.78 is 15.7. The Morgan fingerprint density at radius 3 is 2.43 bits per heavy atom. The van der Waals surface area contributed by atoms with Crippen LogP contribution in [-0.4, -0.2) is 14.1 Å². The molecule has 0 saturated heterocycles. The van der Waals surface area contributed by atoms with E-state index in [1.807, 2.05) is 18.2 Å². The Morgan fingerprint density at radius 2 is 1.79 bits per heavy atom. The molecule has 3 rings (SSSR count). The number of nitrogens with zero attached hydrogens (tertiary/aromatic N) is 3. The van der Waals surface area contributed by atoms with Gasteiger partial charge < -0.3 is 5.32 Å². The van der Waals surface area contributed by atoms with E-state index in [2.05, 4.69) is 10.3 Å². The number of benzene rings is 2. The molecule has 6 nitrogen and oxygen atoms in total. The summed E-state index contributed by atoms with van der Waals surface area (Å²) in [5.41, 5.74) is 0.401. The molecule has 0 aliphatic rings. The molecule has 0 amide bonds. The molecule has 0 aliphatic carbocycles. The average Bonchev–Trinajstić information content (AvgIpc) is 2.65. The summed E-state index contributed by atoms with van der Waals surface area (Å²) in [5.74, 6) is -0.227. The Bertz CT molecular complexity index is 1090. The minimum absolute atomic E-state index is 0.135. The van der Waals surface area contributed by atoms with Gasteiger partial charge in [0.2, 0.25) is 5.95 Å². The quantitative estimate of drug-likeness (QED) is 0.685. The molecule has 0 saturated carbocycles. The van der Waals surface area contributed by atoms with E-state index in [9.17, 15) is 14.0 Å². The zero-order valence-electron chi connectivity index (χ0n) is 15.5. The highest BCUT2D eigenvalue weighted by Crippen LogP contribution is 2.16. The van der Waals surface area contributed by atoms with Gasteiger partial charge >= 0.3 is 11.4 Å². The highest BCUT2D eigenvalue weighted by molar-refractivity contribution is 6.31. The first-order valence-electron chi connectivity index (χ1n) is 8.82. The lowest BCUT2D eigenvalue weighted by Gasteiger charge is -2.17. The van der Waals surface area contributed by atoms with E-state index in [0.717, 1.165) is 10.1 Å². The van der Waals surface area contributed by atoms with Gasteiger partial charge in [0.15, 0.2) is 0 Å². The molecule has 1 N–H and O–H groups in total. The summed E-state index contributed by atoms with van der Waals surface area (Å²) in [5, 5.41) is 3.60. The predicted molar refractivity (Wildman–Crippen MR) is 107 cm³/mol. The van der Waals surface area contributed by atoms with Gasteiger partial charge in [-0.1, -0.05) is 41.9 Å². The van der Waals surface area contributed by atoms with Crippen LogP contribution in [0.15, 0.2) is 58.1 Å². The van der Waals surface area contributed by atoms with E-state index in [4.69, 9.17) is 11.6 Å². The van der Waals surface area contributed by atoms with Crippen molar-refractivity contribution in [2.45, 2.75) is 33.0 Å². The second-order valence-corrected chi connectivity index (χ2v) is 7.03. The van der Waals surface area contributed by atoms with Crippen molar-refractivity contribution in [3.05, 3.63) is 91.5 Å². The zero-order valence-corrected chi connectivity index (χ0v) is 16.3. The number of aromatic nitrogens is 3. The van der Waals surface area contributed by atoms with Gasteiger partial charge in [0.05, 0.1) is 6.54 Å². The number of nitrogens with one attached hydrogen (secondary N) is 1. The second-order valence-electron chi connectivity index (χ2n) is 6.62. The van der Waals surface area contributed by atoms with Crippen LogP contribution in [0.5, 0.6) is 0 Å². The van der Waals surface area contributed by atoms with Gasteiger partial charge in [0.1, 0.15) is 5.82 Å².